The zero-order chi connectivity index (χ0) is 19.6. The number of primary amides is 1. The molecule has 0 radical (unpaired) electrons. The zero-order valence-corrected chi connectivity index (χ0v) is 16.2. The molecule has 8 nitrogen and oxygen atoms in total. The van der Waals surface area contributed by atoms with Gasteiger partial charge in [0.05, 0.1) is 22.8 Å². The molecule has 1 aromatic carbocycles. The lowest BCUT2D eigenvalue weighted by Crippen LogP contribution is -2.48. The molecular weight excluding hydrogens is 384 g/mol. The smallest absolute Gasteiger partial charge is 0.338 e. The second-order valence-corrected chi connectivity index (χ2v) is 8.49. The fraction of sp³-hybridized carbons (Fsp3) is 0.500. The largest absolute Gasteiger partial charge is 0.449 e. The van der Waals surface area contributed by atoms with Crippen molar-refractivity contribution in [3.63, 3.8) is 0 Å². The highest BCUT2D eigenvalue weighted by Gasteiger charge is 2.34. The molecule has 1 fully saturated rings. The lowest BCUT2D eigenvalue weighted by molar-refractivity contribution is -0.125. The standard InChI is InChI=1S/C16H21ClN2O6S/c1-9-7-19(8-10(2)24-9)26(22,23)14-6-12(4-5-13(14)17)16(21)25-11(3)15(18)20/h4-6,9-11H,7-8H2,1-3H3,(H2,18,20). The van der Waals surface area contributed by atoms with Crippen molar-refractivity contribution in [3.05, 3.63) is 28.8 Å². The number of amides is 1. The molecular formula is C16H21ClN2O6S. The van der Waals surface area contributed by atoms with Gasteiger partial charge in [0, 0.05) is 13.1 Å². The fourth-order valence-corrected chi connectivity index (χ4v) is 4.67. The molecule has 1 aliphatic rings. The summed E-state index contributed by atoms with van der Waals surface area (Å²) in [5.41, 5.74) is 5.01. The Morgan fingerprint density at radius 3 is 2.42 bits per heavy atom. The Morgan fingerprint density at radius 1 is 1.31 bits per heavy atom. The maximum absolute atomic E-state index is 13.0. The number of ether oxygens (including phenoxy) is 2. The Labute approximate surface area is 157 Å². The molecule has 1 heterocycles. The Morgan fingerprint density at radius 2 is 1.88 bits per heavy atom. The van der Waals surface area contributed by atoms with Crippen molar-refractivity contribution in [2.75, 3.05) is 13.1 Å². The van der Waals surface area contributed by atoms with Gasteiger partial charge in [-0.2, -0.15) is 4.31 Å². The first-order valence-electron chi connectivity index (χ1n) is 7.97. The number of hydrogen-bond acceptors (Lipinski definition) is 6. The van der Waals surface area contributed by atoms with E-state index in [-0.39, 0.29) is 40.8 Å². The van der Waals surface area contributed by atoms with Gasteiger partial charge in [0.25, 0.3) is 5.91 Å². The molecule has 0 bridgehead atoms. The van der Waals surface area contributed by atoms with Crippen LogP contribution in [-0.4, -0.2) is 56.0 Å². The van der Waals surface area contributed by atoms with Gasteiger partial charge in [-0.1, -0.05) is 11.6 Å². The molecule has 2 rings (SSSR count). The number of nitrogens with two attached hydrogens (primary N) is 1. The van der Waals surface area contributed by atoms with E-state index in [1.54, 1.807) is 13.8 Å². The van der Waals surface area contributed by atoms with Gasteiger partial charge in [-0.3, -0.25) is 4.79 Å². The first-order valence-corrected chi connectivity index (χ1v) is 9.79. The maximum Gasteiger partial charge on any atom is 0.338 e. The number of halogens is 1. The van der Waals surface area contributed by atoms with Crippen LogP contribution in [0.25, 0.3) is 0 Å². The molecule has 0 spiro atoms. The molecule has 1 amide bonds. The number of morpholine rings is 1. The summed E-state index contributed by atoms with van der Waals surface area (Å²) in [6.45, 7) is 5.23. The Bertz CT molecular complexity index is 803. The lowest BCUT2D eigenvalue weighted by atomic mass is 10.2. The van der Waals surface area contributed by atoms with E-state index < -0.39 is 28.0 Å². The summed E-state index contributed by atoms with van der Waals surface area (Å²) in [6, 6.07) is 3.76. The van der Waals surface area contributed by atoms with Crippen LogP contribution in [-0.2, 0) is 24.3 Å². The molecule has 1 saturated heterocycles. The molecule has 0 aromatic heterocycles. The molecule has 3 unspecified atom stereocenters. The second-order valence-electron chi connectivity index (χ2n) is 6.17. The normalized spacial score (nSPS) is 22.6. The fourth-order valence-electron chi connectivity index (χ4n) is 2.58. The van der Waals surface area contributed by atoms with Crippen LogP contribution in [0, 0.1) is 0 Å². The van der Waals surface area contributed by atoms with E-state index in [9.17, 15) is 18.0 Å². The molecule has 26 heavy (non-hydrogen) atoms. The predicted molar refractivity (Wildman–Crippen MR) is 94.3 cm³/mol. The molecule has 144 valence electrons. The van der Waals surface area contributed by atoms with Gasteiger partial charge in [0.2, 0.25) is 10.0 Å². The van der Waals surface area contributed by atoms with Crippen molar-refractivity contribution in [1.29, 1.82) is 0 Å². The summed E-state index contributed by atoms with van der Waals surface area (Å²) in [5.74, 6) is -1.68. The minimum absolute atomic E-state index is 0.0173. The van der Waals surface area contributed by atoms with Crippen LogP contribution in [0.1, 0.15) is 31.1 Å². The second kappa shape index (κ2) is 7.91. The molecule has 10 heteroatoms. The molecule has 1 aliphatic heterocycles. The van der Waals surface area contributed by atoms with E-state index in [1.807, 2.05) is 0 Å². The van der Waals surface area contributed by atoms with Crippen molar-refractivity contribution in [2.45, 2.75) is 44.0 Å². The van der Waals surface area contributed by atoms with Gasteiger partial charge in [-0.15, -0.1) is 0 Å². The van der Waals surface area contributed by atoms with E-state index in [1.165, 1.54) is 23.4 Å². The van der Waals surface area contributed by atoms with Gasteiger partial charge in [0.15, 0.2) is 6.10 Å². The van der Waals surface area contributed by atoms with Crippen molar-refractivity contribution in [2.24, 2.45) is 5.73 Å². The Kier molecular flexibility index (Phi) is 6.28. The number of nitrogens with zero attached hydrogens (tertiary/aromatic N) is 1. The highest BCUT2D eigenvalue weighted by molar-refractivity contribution is 7.89. The van der Waals surface area contributed by atoms with E-state index in [0.717, 1.165) is 6.07 Å². The zero-order valence-electron chi connectivity index (χ0n) is 14.6. The number of rotatable bonds is 5. The van der Waals surface area contributed by atoms with Gasteiger partial charge >= 0.3 is 5.97 Å². The first kappa shape index (κ1) is 20.6. The first-order chi connectivity index (χ1) is 12.0. The molecule has 1 aromatic rings. The van der Waals surface area contributed by atoms with Crippen molar-refractivity contribution >= 4 is 33.5 Å². The van der Waals surface area contributed by atoms with Crippen LogP contribution in [0.4, 0.5) is 0 Å². The van der Waals surface area contributed by atoms with Crippen LogP contribution in [0.15, 0.2) is 23.1 Å². The Hall–Kier alpha value is -1.68. The Balaban J connectivity index is 2.34. The average molecular weight is 405 g/mol. The van der Waals surface area contributed by atoms with Crippen molar-refractivity contribution in [3.8, 4) is 0 Å². The average Bonchev–Trinajstić information content (AvgIpc) is 2.53. The maximum atomic E-state index is 13.0. The van der Waals surface area contributed by atoms with Crippen LogP contribution < -0.4 is 5.73 Å². The van der Waals surface area contributed by atoms with Crippen molar-refractivity contribution < 1.29 is 27.5 Å². The number of carbonyl (C=O) groups excluding carboxylic acids is 2. The summed E-state index contributed by atoms with van der Waals surface area (Å²) in [7, 11) is -3.94. The molecule has 3 atom stereocenters. The van der Waals surface area contributed by atoms with Gasteiger partial charge in [-0.05, 0) is 39.0 Å². The third-order valence-electron chi connectivity index (χ3n) is 3.86. The minimum Gasteiger partial charge on any atom is -0.449 e. The van der Waals surface area contributed by atoms with Gasteiger partial charge in [-0.25, -0.2) is 13.2 Å². The summed E-state index contributed by atoms with van der Waals surface area (Å²) >= 11 is 6.07. The molecule has 0 aliphatic carbocycles. The number of benzene rings is 1. The summed E-state index contributed by atoms with van der Waals surface area (Å²) in [6.07, 6.45) is -1.67. The molecule has 0 saturated carbocycles. The number of hydrogen-bond donors (Lipinski definition) is 1. The van der Waals surface area contributed by atoms with E-state index >= 15 is 0 Å². The lowest BCUT2D eigenvalue weighted by Gasteiger charge is -2.34. The topological polar surface area (TPSA) is 116 Å². The van der Waals surface area contributed by atoms with Gasteiger partial charge in [0.1, 0.15) is 4.90 Å². The van der Waals surface area contributed by atoms with Crippen LogP contribution in [0.2, 0.25) is 5.02 Å². The monoisotopic (exact) mass is 404 g/mol. The highest BCUT2D eigenvalue weighted by atomic mass is 35.5. The third kappa shape index (κ3) is 4.53. The van der Waals surface area contributed by atoms with Gasteiger partial charge < -0.3 is 15.2 Å². The number of sulfonamides is 1. The minimum atomic E-state index is -3.94. The number of esters is 1. The van der Waals surface area contributed by atoms with Crippen molar-refractivity contribution in [1.82, 2.24) is 4.31 Å². The van der Waals surface area contributed by atoms with Crippen LogP contribution >= 0.6 is 11.6 Å². The van der Waals surface area contributed by atoms with Crippen LogP contribution in [0.5, 0.6) is 0 Å². The van der Waals surface area contributed by atoms with E-state index in [0.29, 0.717) is 0 Å². The van der Waals surface area contributed by atoms with Crippen LogP contribution in [0.3, 0.4) is 0 Å². The summed E-state index contributed by atoms with van der Waals surface area (Å²) in [4.78, 5) is 22.9. The predicted octanol–water partition coefficient (Wildman–Crippen LogP) is 1.17. The quantitative estimate of drug-likeness (QED) is 0.736. The summed E-state index contributed by atoms with van der Waals surface area (Å²) in [5, 5.41) is -0.0173. The SMILES string of the molecule is CC1CN(S(=O)(=O)c2cc(C(=O)OC(C)C(N)=O)ccc2Cl)CC(C)O1. The number of carbonyl (C=O) groups is 2. The highest BCUT2D eigenvalue weighted by Crippen LogP contribution is 2.28. The summed E-state index contributed by atoms with van der Waals surface area (Å²) < 4.78 is 37.6. The van der Waals surface area contributed by atoms with E-state index in [2.05, 4.69) is 0 Å². The van der Waals surface area contributed by atoms with E-state index in [4.69, 9.17) is 26.8 Å². The molecule has 2 N–H and O–H groups in total. The third-order valence-corrected chi connectivity index (χ3v) is 6.17.